The molecule has 0 radical (unpaired) electrons. The minimum atomic E-state index is -3.90. The first-order valence-electron chi connectivity index (χ1n) is 6.88. The molecule has 2 aromatic rings. The van der Waals surface area contributed by atoms with E-state index in [-0.39, 0.29) is 21.7 Å². The van der Waals surface area contributed by atoms with Crippen molar-refractivity contribution < 1.29 is 23.1 Å². The standard InChI is InChI=1S/C14H12N4O7S/c1-8-12(17(20)21)6-9(7-13(8)18(22)23)14(19)16-10-2-4-11(5-3-10)26(15,24)25/h2-7H,1H3,(H,16,19)(H2,15,24,25). The summed E-state index contributed by atoms with van der Waals surface area (Å²) in [7, 11) is -3.90. The molecule has 26 heavy (non-hydrogen) atoms. The normalized spacial score (nSPS) is 11.0. The van der Waals surface area contributed by atoms with Crippen LogP contribution in [0.15, 0.2) is 41.3 Å². The lowest BCUT2D eigenvalue weighted by Crippen LogP contribution is -2.14. The lowest BCUT2D eigenvalue weighted by atomic mass is 10.1. The van der Waals surface area contributed by atoms with Crippen molar-refractivity contribution in [1.29, 1.82) is 0 Å². The monoisotopic (exact) mass is 380 g/mol. The van der Waals surface area contributed by atoms with Crippen molar-refractivity contribution in [2.24, 2.45) is 5.14 Å². The highest BCUT2D eigenvalue weighted by molar-refractivity contribution is 7.89. The Morgan fingerprint density at radius 3 is 1.88 bits per heavy atom. The van der Waals surface area contributed by atoms with Gasteiger partial charge in [-0.2, -0.15) is 0 Å². The number of nitrogens with one attached hydrogen (secondary N) is 1. The number of hydrogen-bond donors (Lipinski definition) is 2. The molecule has 11 nitrogen and oxygen atoms in total. The predicted octanol–water partition coefficient (Wildman–Crippen LogP) is 1.71. The molecule has 0 spiro atoms. The van der Waals surface area contributed by atoms with Gasteiger partial charge < -0.3 is 5.32 Å². The first-order valence-corrected chi connectivity index (χ1v) is 8.43. The molecule has 12 heteroatoms. The summed E-state index contributed by atoms with van der Waals surface area (Å²) in [5.41, 5.74) is -1.41. The Labute approximate surface area is 146 Å². The average Bonchev–Trinajstić information content (AvgIpc) is 2.54. The summed E-state index contributed by atoms with van der Waals surface area (Å²) in [5.74, 6) is -0.834. The molecule has 0 bridgehead atoms. The van der Waals surface area contributed by atoms with Gasteiger partial charge in [0.05, 0.1) is 20.3 Å². The van der Waals surface area contributed by atoms with E-state index in [1.165, 1.54) is 19.1 Å². The van der Waals surface area contributed by atoms with E-state index in [1.54, 1.807) is 0 Å². The molecule has 1 amide bonds. The summed E-state index contributed by atoms with van der Waals surface area (Å²) in [4.78, 5) is 32.5. The summed E-state index contributed by atoms with van der Waals surface area (Å²) in [5, 5.41) is 29.4. The number of sulfonamides is 1. The number of nitrogens with zero attached hydrogens (tertiary/aromatic N) is 2. The highest BCUT2D eigenvalue weighted by atomic mass is 32.2. The number of carbonyl (C=O) groups is 1. The van der Waals surface area contributed by atoms with E-state index in [0.29, 0.717) is 0 Å². The Hall–Kier alpha value is -3.38. The van der Waals surface area contributed by atoms with Gasteiger partial charge in [-0.1, -0.05) is 0 Å². The Kier molecular flexibility index (Phi) is 5.00. The number of carbonyl (C=O) groups excluding carboxylic acids is 1. The Morgan fingerprint density at radius 1 is 1.04 bits per heavy atom. The fourth-order valence-electron chi connectivity index (χ4n) is 2.13. The van der Waals surface area contributed by atoms with Crippen LogP contribution in [0.5, 0.6) is 0 Å². The lowest BCUT2D eigenvalue weighted by molar-refractivity contribution is -0.395. The third kappa shape index (κ3) is 3.99. The van der Waals surface area contributed by atoms with E-state index in [1.807, 2.05) is 0 Å². The number of nitro benzene ring substituents is 2. The zero-order valence-corrected chi connectivity index (χ0v) is 14.0. The van der Waals surface area contributed by atoms with E-state index in [0.717, 1.165) is 24.3 Å². The quantitative estimate of drug-likeness (QED) is 0.586. The molecule has 0 heterocycles. The van der Waals surface area contributed by atoms with Gasteiger partial charge in [0.1, 0.15) is 5.56 Å². The molecule has 0 atom stereocenters. The lowest BCUT2D eigenvalue weighted by Gasteiger charge is -2.07. The van der Waals surface area contributed by atoms with Crippen LogP contribution >= 0.6 is 0 Å². The number of nitrogens with two attached hydrogens (primary N) is 1. The smallest absolute Gasteiger partial charge is 0.279 e. The molecule has 0 unspecified atom stereocenters. The Balaban J connectivity index is 2.38. The first kappa shape index (κ1) is 19.0. The summed E-state index contributed by atoms with van der Waals surface area (Å²) in [6.07, 6.45) is 0. The van der Waals surface area contributed by atoms with E-state index in [4.69, 9.17) is 5.14 Å². The van der Waals surface area contributed by atoms with Crippen LogP contribution in [0, 0.1) is 27.2 Å². The van der Waals surface area contributed by atoms with Crippen molar-refractivity contribution in [2.45, 2.75) is 11.8 Å². The molecule has 2 rings (SSSR count). The molecule has 0 aliphatic heterocycles. The van der Waals surface area contributed by atoms with Crippen molar-refractivity contribution >= 4 is 33.0 Å². The highest BCUT2D eigenvalue weighted by Crippen LogP contribution is 2.29. The molecule has 0 saturated heterocycles. The molecule has 2 aromatic carbocycles. The SMILES string of the molecule is Cc1c([N+](=O)[O-])cc(C(=O)Nc2ccc(S(N)(=O)=O)cc2)cc1[N+](=O)[O-]. The van der Waals surface area contributed by atoms with Crippen LogP contribution < -0.4 is 10.5 Å². The molecule has 0 aromatic heterocycles. The van der Waals surface area contributed by atoms with Gasteiger partial charge in [0.15, 0.2) is 0 Å². The second-order valence-electron chi connectivity index (χ2n) is 5.18. The van der Waals surface area contributed by atoms with Gasteiger partial charge in [-0.3, -0.25) is 25.0 Å². The van der Waals surface area contributed by atoms with Crippen molar-refractivity contribution in [3.63, 3.8) is 0 Å². The van der Waals surface area contributed by atoms with Gasteiger partial charge in [0.2, 0.25) is 10.0 Å². The molecule has 136 valence electrons. The summed E-state index contributed by atoms with van der Waals surface area (Å²) >= 11 is 0. The van der Waals surface area contributed by atoms with Crippen molar-refractivity contribution in [3.8, 4) is 0 Å². The van der Waals surface area contributed by atoms with E-state index in [2.05, 4.69) is 5.32 Å². The van der Waals surface area contributed by atoms with Gasteiger partial charge >= 0.3 is 0 Å². The molecular weight excluding hydrogens is 368 g/mol. The second-order valence-corrected chi connectivity index (χ2v) is 6.74. The number of anilines is 1. The second kappa shape index (κ2) is 6.85. The van der Waals surface area contributed by atoms with Crippen LogP contribution in [0.2, 0.25) is 0 Å². The minimum absolute atomic E-state index is 0.169. The van der Waals surface area contributed by atoms with Crippen LogP contribution in [0.25, 0.3) is 0 Å². The van der Waals surface area contributed by atoms with Crippen LogP contribution in [0.1, 0.15) is 15.9 Å². The van der Waals surface area contributed by atoms with Crippen molar-refractivity contribution in [1.82, 2.24) is 0 Å². The highest BCUT2D eigenvalue weighted by Gasteiger charge is 2.25. The van der Waals surface area contributed by atoms with E-state index in [9.17, 15) is 33.4 Å². The maximum atomic E-state index is 12.3. The van der Waals surface area contributed by atoms with Crippen molar-refractivity contribution in [3.05, 3.63) is 67.8 Å². The largest absolute Gasteiger partial charge is 0.322 e. The third-order valence-corrected chi connectivity index (χ3v) is 4.38. The number of primary sulfonamides is 1. The zero-order chi connectivity index (χ0) is 19.6. The van der Waals surface area contributed by atoms with Crippen molar-refractivity contribution in [2.75, 3.05) is 5.32 Å². The van der Waals surface area contributed by atoms with E-state index < -0.39 is 37.2 Å². The number of nitro groups is 2. The average molecular weight is 380 g/mol. The molecule has 0 fully saturated rings. The van der Waals surface area contributed by atoms with Gasteiger partial charge in [0.25, 0.3) is 17.3 Å². The van der Waals surface area contributed by atoms with Gasteiger partial charge in [-0.05, 0) is 31.2 Å². The molecule has 0 aliphatic rings. The number of amides is 1. The third-order valence-electron chi connectivity index (χ3n) is 3.45. The maximum absolute atomic E-state index is 12.3. The number of benzene rings is 2. The van der Waals surface area contributed by atoms with Crippen LogP contribution in [-0.4, -0.2) is 24.2 Å². The number of hydrogen-bond acceptors (Lipinski definition) is 7. The summed E-state index contributed by atoms with van der Waals surface area (Å²) < 4.78 is 22.4. The van der Waals surface area contributed by atoms with Crippen LogP contribution in [0.3, 0.4) is 0 Å². The van der Waals surface area contributed by atoms with E-state index >= 15 is 0 Å². The molecule has 3 N–H and O–H groups in total. The topological polar surface area (TPSA) is 176 Å². The fourth-order valence-corrected chi connectivity index (χ4v) is 2.64. The predicted molar refractivity (Wildman–Crippen MR) is 90.3 cm³/mol. The fraction of sp³-hybridized carbons (Fsp3) is 0.0714. The van der Waals surface area contributed by atoms with Crippen LogP contribution in [-0.2, 0) is 10.0 Å². The Bertz CT molecular complexity index is 981. The minimum Gasteiger partial charge on any atom is -0.322 e. The molecule has 0 aliphatic carbocycles. The summed E-state index contributed by atoms with van der Waals surface area (Å²) in [6, 6.07) is 6.69. The zero-order valence-electron chi connectivity index (χ0n) is 13.2. The first-order chi connectivity index (χ1) is 12.0. The molecular formula is C14H12N4O7S. The Morgan fingerprint density at radius 2 is 1.50 bits per heavy atom. The number of rotatable bonds is 5. The maximum Gasteiger partial charge on any atom is 0.279 e. The van der Waals surface area contributed by atoms with Gasteiger partial charge in [-0.15, -0.1) is 0 Å². The van der Waals surface area contributed by atoms with Gasteiger partial charge in [0, 0.05) is 17.8 Å². The van der Waals surface area contributed by atoms with Crippen LogP contribution in [0.4, 0.5) is 17.1 Å². The summed E-state index contributed by atoms with van der Waals surface area (Å²) in [6.45, 7) is 1.21. The molecule has 0 saturated carbocycles. The van der Waals surface area contributed by atoms with Gasteiger partial charge in [-0.25, -0.2) is 13.6 Å².